The number of carbonyl (C=O) groups excluding carboxylic acids is 2. The molecule has 0 bridgehead atoms. The first-order valence-electron chi connectivity index (χ1n) is 7.74. The Balaban J connectivity index is 1.79. The Hall–Kier alpha value is -1.69. The number of imide groups is 1. The minimum absolute atomic E-state index is 0.0425. The maximum absolute atomic E-state index is 12.3. The molecule has 2 rings (SSSR count). The van der Waals surface area contributed by atoms with Gasteiger partial charge in [0.1, 0.15) is 0 Å². The molecular formula is C15H24N4O2. The molecule has 1 unspecified atom stereocenters. The Labute approximate surface area is 125 Å². The Morgan fingerprint density at radius 1 is 1.38 bits per heavy atom. The first kappa shape index (κ1) is 15.7. The van der Waals surface area contributed by atoms with Crippen LogP contribution in [0, 0.1) is 0 Å². The highest BCUT2D eigenvalue weighted by Gasteiger charge is 2.40. The van der Waals surface area contributed by atoms with E-state index in [1.54, 1.807) is 6.20 Å². The van der Waals surface area contributed by atoms with Gasteiger partial charge < -0.3 is 5.32 Å². The van der Waals surface area contributed by atoms with Crippen LogP contribution < -0.4 is 5.32 Å². The van der Waals surface area contributed by atoms with Crippen LogP contribution in [0.5, 0.6) is 0 Å². The molecule has 1 fully saturated rings. The quantitative estimate of drug-likeness (QED) is 0.577. The molecule has 1 saturated heterocycles. The van der Waals surface area contributed by atoms with Gasteiger partial charge in [0.25, 0.3) is 0 Å². The molecule has 1 aromatic heterocycles. The van der Waals surface area contributed by atoms with Crippen molar-refractivity contribution in [2.24, 2.45) is 0 Å². The summed E-state index contributed by atoms with van der Waals surface area (Å²) in [4.78, 5) is 25.8. The fourth-order valence-corrected chi connectivity index (χ4v) is 2.80. The molecule has 0 aromatic carbocycles. The van der Waals surface area contributed by atoms with Gasteiger partial charge in [-0.25, -0.2) is 0 Å². The average Bonchev–Trinajstić information content (AvgIpc) is 3.08. The van der Waals surface area contributed by atoms with Gasteiger partial charge in [0.05, 0.1) is 12.5 Å². The third-order valence-electron chi connectivity index (χ3n) is 4.00. The first-order valence-corrected chi connectivity index (χ1v) is 7.74. The molecule has 1 aliphatic rings. The van der Waals surface area contributed by atoms with Crippen LogP contribution in [0.4, 0.5) is 0 Å². The van der Waals surface area contributed by atoms with Gasteiger partial charge in [-0.15, -0.1) is 0 Å². The Morgan fingerprint density at radius 2 is 2.14 bits per heavy atom. The molecule has 1 aromatic rings. The topological polar surface area (TPSA) is 67.2 Å². The van der Waals surface area contributed by atoms with Crippen molar-refractivity contribution in [1.82, 2.24) is 20.0 Å². The second kappa shape index (κ2) is 7.36. The van der Waals surface area contributed by atoms with Crippen molar-refractivity contribution < 1.29 is 9.59 Å². The van der Waals surface area contributed by atoms with Crippen LogP contribution in [-0.4, -0.2) is 45.1 Å². The number of hydrogen-bond acceptors (Lipinski definition) is 4. The highest BCUT2D eigenvalue weighted by Crippen LogP contribution is 2.20. The van der Waals surface area contributed by atoms with Crippen molar-refractivity contribution in [3.05, 3.63) is 18.5 Å². The normalized spacial score (nSPS) is 19.0. The van der Waals surface area contributed by atoms with Gasteiger partial charge >= 0.3 is 0 Å². The Morgan fingerprint density at radius 3 is 2.76 bits per heavy atom. The predicted octanol–water partition coefficient (Wildman–Crippen LogP) is 1.18. The lowest BCUT2D eigenvalue weighted by atomic mass is 10.1. The van der Waals surface area contributed by atoms with Crippen LogP contribution in [0.1, 0.15) is 39.5 Å². The lowest BCUT2D eigenvalue weighted by Crippen LogP contribution is -2.43. The lowest BCUT2D eigenvalue weighted by molar-refractivity contribution is -0.141. The highest BCUT2D eigenvalue weighted by molar-refractivity contribution is 6.05. The molecule has 1 N–H and O–H groups in total. The minimum Gasteiger partial charge on any atom is -0.305 e. The fraction of sp³-hybridized carbons (Fsp3) is 0.667. The largest absolute Gasteiger partial charge is 0.305 e. The van der Waals surface area contributed by atoms with Crippen molar-refractivity contribution in [3.8, 4) is 0 Å². The van der Waals surface area contributed by atoms with Gasteiger partial charge in [0.2, 0.25) is 11.8 Å². The van der Waals surface area contributed by atoms with E-state index < -0.39 is 0 Å². The molecule has 0 saturated carbocycles. The van der Waals surface area contributed by atoms with Gasteiger partial charge in [-0.1, -0.05) is 13.8 Å². The predicted molar refractivity (Wildman–Crippen MR) is 79.5 cm³/mol. The summed E-state index contributed by atoms with van der Waals surface area (Å²) in [7, 11) is 0. The zero-order valence-corrected chi connectivity index (χ0v) is 12.8. The summed E-state index contributed by atoms with van der Waals surface area (Å²) < 4.78 is 1.86. The summed E-state index contributed by atoms with van der Waals surface area (Å²) in [6, 6.07) is 1.58. The van der Waals surface area contributed by atoms with Gasteiger partial charge in [-0.2, -0.15) is 5.10 Å². The number of carbonyl (C=O) groups is 2. The van der Waals surface area contributed by atoms with Crippen LogP contribution in [0.15, 0.2) is 18.5 Å². The lowest BCUT2D eigenvalue weighted by Gasteiger charge is -2.24. The van der Waals surface area contributed by atoms with Gasteiger partial charge in [-0.3, -0.25) is 19.2 Å². The van der Waals surface area contributed by atoms with E-state index in [0.29, 0.717) is 6.54 Å². The molecule has 6 heteroatoms. The SMILES string of the molecule is CCC(CC)N1C(=O)CC(NCCCn2cccn2)C1=O. The molecule has 0 spiro atoms. The number of aryl methyl sites for hydroxylation is 1. The zero-order valence-electron chi connectivity index (χ0n) is 12.8. The van der Waals surface area contributed by atoms with E-state index in [1.165, 1.54) is 4.90 Å². The second-order valence-corrected chi connectivity index (χ2v) is 5.41. The summed E-state index contributed by atoms with van der Waals surface area (Å²) in [6.45, 7) is 5.55. The Kier molecular flexibility index (Phi) is 5.50. The minimum atomic E-state index is -0.351. The van der Waals surface area contributed by atoms with E-state index in [0.717, 1.165) is 25.8 Å². The molecule has 1 atom stereocenters. The van der Waals surface area contributed by atoms with Crippen molar-refractivity contribution in [2.45, 2.75) is 58.2 Å². The second-order valence-electron chi connectivity index (χ2n) is 5.41. The van der Waals surface area contributed by atoms with E-state index in [-0.39, 0.29) is 30.3 Å². The van der Waals surface area contributed by atoms with E-state index in [9.17, 15) is 9.59 Å². The van der Waals surface area contributed by atoms with E-state index >= 15 is 0 Å². The smallest absolute Gasteiger partial charge is 0.247 e. The standard InChI is InChI=1S/C15H24N4O2/c1-3-12(4-2)19-14(20)11-13(15(19)21)16-7-5-9-18-10-6-8-17-18/h6,8,10,12-13,16H,3-5,7,9,11H2,1-2H3. The number of aromatic nitrogens is 2. The summed E-state index contributed by atoms with van der Waals surface area (Å²) in [5, 5.41) is 7.33. The number of nitrogens with one attached hydrogen (secondary N) is 1. The van der Waals surface area contributed by atoms with Crippen LogP contribution in [0.3, 0.4) is 0 Å². The summed E-state index contributed by atoms with van der Waals surface area (Å²) in [5.41, 5.74) is 0. The number of hydrogen-bond donors (Lipinski definition) is 1. The number of nitrogens with zero attached hydrogens (tertiary/aromatic N) is 3. The fourth-order valence-electron chi connectivity index (χ4n) is 2.80. The highest BCUT2D eigenvalue weighted by atomic mass is 16.2. The van der Waals surface area contributed by atoms with E-state index in [4.69, 9.17) is 0 Å². The molecule has 2 amide bonds. The molecule has 0 radical (unpaired) electrons. The third-order valence-corrected chi connectivity index (χ3v) is 4.00. The molecule has 2 heterocycles. The van der Waals surface area contributed by atoms with Crippen LogP contribution in [-0.2, 0) is 16.1 Å². The van der Waals surface area contributed by atoms with Crippen LogP contribution >= 0.6 is 0 Å². The third kappa shape index (κ3) is 3.69. The maximum Gasteiger partial charge on any atom is 0.247 e. The number of likely N-dealkylation sites (tertiary alicyclic amines) is 1. The summed E-state index contributed by atoms with van der Waals surface area (Å²) >= 11 is 0. The number of amides is 2. The molecule has 21 heavy (non-hydrogen) atoms. The van der Waals surface area contributed by atoms with Crippen molar-refractivity contribution in [1.29, 1.82) is 0 Å². The molecule has 1 aliphatic heterocycles. The molecular weight excluding hydrogens is 268 g/mol. The van der Waals surface area contributed by atoms with Crippen LogP contribution in [0.2, 0.25) is 0 Å². The summed E-state index contributed by atoms with van der Waals surface area (Å²) in [5.74, 6) is -0.105. The molecule has 0 aliphatic carbocycles. The molecule has 6 nitrogen and oxygen atoms in total. The Bertz CT molecular complexity index is 468. The van der Waals surface area contributed by atoms with Crippen LogP contribution in [0.25, 0.3) is 0 Å². The van der Waals surface area contributed by atoms with Crippen molar-refractivity contribution in [3.63, 3.8) is 0 Å². The van der Waals surface area contributed by atoms with E-state index in [1.807, 2.05) is 30.8 Å². The van der Waals surface area contributed by atoms with Crippen molar-refractivity contribution >= 4 is 11.8 Å². The van der Waals surface area contributed by atoms with Gasteiger partial charge in [0.15, 0.2) is 0 Å². The van der Waals surface area contributed by atoms with Gasteiger partial charge in [-0.05, 0) is 31.9 Å². The number of rotatable bonds is 8. The van der Waals surface area contributed by atoms with E-state index in [2.05, 4.69) is 10.4 Å². The average molecular weight is 292 g/mol. The zero-order chi connectivity index (χ0) is 15.2. The maximum atomic E-state index is 12.3. The monoisotopic (exact) mass is 292 g/mol. The van der Waals surface area contributed by atoms with Crippen molar-refractivity contribution in [2.75, 3.05) is 6.54 Å². The van der Waals surface area contributed by atoms with Gasteiger partial charge in [0, 0.05) is 25.0 Å². The summed E-state index contributed by atoms with van der Waals surface area (Å²) in [6.07, 6.45) is 6.47. The first-order chi connectivity index (χ1) is 10.2. The molecule has 116 valence electrons.